The van der Waals surface area contributed by atoms with Crippen molar-refractivity contribution < 1.29 is 45.9 Å². The number of allylic oxidation sites excluding steroid dienone is 1. The molecule has 0 bridgehead atoms. The molecule has 3 amide bonds. The van der Waals surface area contributed by atoms with Crippen LogP contribution in [-0.4, -0.2) is 102 Å². The summed E-state index contributed by atoms with van der Waals surface area (Å²) in [5.74, 6) is -6.44. The van der Waals surface area contributed by atoms with Gasteiger partial charge in [0.1, 0.15) is 11.9 Å². The monoisotopic (exact) mass is 869 g/mol. The average molecular weight is 870 g/mol. The van der Waals surface area contributed by atoms with Gasteiger partial charge >= 0.3 is 0 Å². The summed E-state index contributed by atoms with van der Waals surface area (Å²) in [6, 6.07) is 9.33. The van der Waals surface area contributed by atoms with Crippen molar-refractivity contribution in [1.29, 1.82) is 0 Å². The molecule has 1 aromatic carbocycles. The molecule has 4 aliphatic rings. The van der Waals surface area contributed by atoms with Crippen LogP contribution in [0.25, 0.3) is 22.2 Å². The first kappa shape index (κ1) is 43.4. The van der Waals surface area contributed by atoms with E-state index in [-0.39, 0.29) is 57.5 Å². The third-order valence-electron chi connectivity index (χ3n) is 12.2. The topological polar surface area (TPSA) is 165 Å². The molecule has 2 aliphatic carbocycles. The molecule has 17 heteroatoms. The number of hydrogen-bond donors (Lipinski definition) is 1. The van der Waals surface area contributed by atoms with Gasteiger partial charge in [-0.05, 0) is 67.3 Å². The fourth-order valence-corrected chi connectivity index (χ4v) is 10.2. The van der Waals surface area contributed by atoms with Gasteiger partial charge in [0.25, 0.3) is 5.92 Å². The quantitative estimate of drug-likeness (QED) is 0.180. The summed E-state index contributed by atoms with van der Waals surface area (Å²) in [5.41, 5.74) is -1.29. The third kappa shape index (κ3) is 8.86. The number of hydrogen-bond acceptors (Lipinski definition) is 10. The summed E-state index contributed by atoms with van der Waals surface area (Å²) in [7, 11) is -2.44. The van der Waals surface area contributed by atoms with Crippen molar-refractivity contribution in [3.8, 4) is 23.0 Å². The fourth-order valence-electron chi connectivity index (χ4n) is 8.48. The predicted octanol–water partition coefficient (Wildman–Crippen LogP) is 6.38. The minimum absolute atomic E-state index is 0.0363. The summed E-state index contributed by atoms with van der Waals surface area (Å²) in [6.07, 6.45) is 2.36. The van der Waals surface area contributed by atoms with Gasteiger partial charge in [-0.2, -0.15) is 0 Å². The second-order valence-corrected chi connectivity index (χ2v) is 19.9. The van der Waals surface area contributed by atoms with Gasteiger partial charge in [-0.15, -0.1) is 6.58 Å². The van der Waals surface area contributed by atoms with E-state index in [0.717, 1.165) is 4.90 Å². The second-order valence-electron chi connectivity index (χ2n) is 17.6. The van der Waals surface area contributed by atoms with E-state index < -0.39 is 86.1 Å². The van der Waals surface area contributed by atoms with Crippen LogP contribution >= 0.6 is 11.6 Å². The number of amides is 3. The molecular formula is C43H50ClF2N5O8S. The number of Topliss-reactive ketones (excluding diaryl/α,β-unsaturated/α-hetero) is 1. The van der Waals surface area contributed by atoms with Crippen LogP contribution in [0.3, 0.4) is 0 Å². The van der Waals surface area contributed by atoms with Gasteiger partial charge in [0, 0.05) is 49.2 Å². The Morgan fingerprint density at radius 1 is 1.12 bits per heavy atom. The number of rotatable bonds is 14. The second kappa shape index (κ2) is 16.3. The number of sulfonamides is 1. The molecule has 7 rings (SSSR count). The molecule has 13 nitrogen and oxygen atoms in total. The van der Waals surface area contributed by atoms with E-state index in [9.17, 15) is 36.4 Å². The number of aromatic nitrogens is 2. The summed E-state index contributed by atoms with van der Waals surface area (Å²) in [4.78, 5) is 68.6. The minimum Gasteiger partial charge on any atom is -0.495 e. The van der Waals surface area contributed by atoms with Gasteiger partial charge in [-0.3, -0.25) is 28.9 Å². The van der Waals surface area contributed by atoms with Crippen molar-refractivity contribution in [1.82, 2.24) is 24.5 Å². The molecule has 2 aromatic heterocycles. The van der Waals surface area contributed by atoms with Crippen molar-refractivity contribution in [2.45, 2.75) is 95.5 Å². The number of nitrogens with one attached hydrogen (secondary N) is 1. The van der Waals surface area contributed by atoms with Crippen LogP contribution in [-0.2, 0) is 29.2 Å². The summed E-state index contributed by atoms with van der Waals surface area (Å²) in [5, 5.41) is 0.700. The number of carbonyl (C=O) groups excluding carboxylic acids is 4. The first-order valence-electron chi connectivity index (χ1n) is 20.2. The Hall–Kier alpha value is -4.70. The normalized spacial score (nSPS) is 24.4. The predicted molar refractivity (Wildman–Crippen MR) is 220 cm³/mol. The van der Waals surface area contributed by atoms with Crippen LogP contribution in [0.4, 0.5) is 8.78 Å². The highest BCUT2D eigenvalue weighted by Crippen LogP contribution is 2.57. The summed E-state index contributed by atoms with van der Waals surface area (Å²) in [6.45, 7) is 8.39. The van der Waals surface area contributed by atoms with Gasteiger partial charge < -0.3 is 19.3 Å². The Morgan fingerprint density at radius 3 is 2.48 bits per heavy atom. The number of fused-ring (bicyclic) bond motifs is 1. The van der Waals surface area contributed by atoms with Gasteiger partial charge in [0.15, 0.2) is 5.78 Å². The Balaban J connectivity index is 1.23. The Kier molecular flexibility index (Phi) is 11.8. The molecule has 0 radical (unpaired) electrons. The van der Waals surface area contributed by atoms with Crippen LogP contribution < -0.4 is 14.2 Å². The van der Waals surface area contributed by atoms with Crippen molar-refractivity contribution in [3.63, 3.8) is 0 Å². The van der Waals surface area contributed by atoms with E-state index in [1.165, 1.54) is 18.1 Å². The number of piperidine rings is 1. The molecule has 2 aliphatic heterocycles. The number of likely N-dealkylation sites (tertiary alicyclic amines) is 2. The van der Waals surface area contributed by atoms with E-state index in [1.807, 2.05) is 0 Å². The average Bonchev–Trinajstić information content (AvgIpc) is 4.13. The summed E-state index contributed by atoms with van der Waals surface area (Å²) >= 11 is 6.81. The molecule has 3 aromatic rings. The number of benzene rings is 1. The van der Waals surface area contributed by atoms with Crippen LogP contribution in [0.2, 0.25) is 5.02 Å². The maximum atomic E-state index is 14.9. The van der Waals surface area contributed by atoms with E-state index in [4.69, 9.17) is 26.1 Å². The minimum atomic E-state index is -3.93. The Labute approximate surface area is 353 Å². The van der Waals surface area contributed by atoms with Crippen molar-refractivity contribution in [2.24, 2.45) is 22.7 Å². The van der Waals surface area contributed by atoms with Gasteiger partial charge in [0.2, 0.25) is 33.6 Å². The lowest BCUT2D eigenvalue weighted by Gasteiger charge is -2.37. The molecule has 322 valence electrons. The number of nitrogens with zero attached hydrogens (tertiary/aromatic N) is 4. The highest BCUT2D eigenvalue weighted by Gasteiger charge is 2.61. The smallest absolute Gasteiger partial charge is 0.265 e. The molecule has 4 fully saturated rings. The Morgan fingerprint density at radius 2 is 1.87 bits per heavy atom. The highest BCUT2D eigenvalue weighted by atomic mass is 35.5. The first-order chi connectivity index (χ1) is 28.3. The molecule has 2 saturated heterocycles. The third-order valence-corrected chi connectivity index (χ3v) is 14.5. The SMILES string of the molecule is C=C[C@@H]1C[C@]1(CC(=O)[C@@H]1C[C@@H](Oc2nc(-c3ccccn3)cc3c(Cl)c(OC)ccc23)CN1C(=O)[C@@H](CC(=O)N1CCCC(F)(F)C1)C(C)(C)C)C(=O)NS(=O)(=O)C1CC1. The number of methoxy groups -OCH3 is 1. The molecule has 2 saturated carbocycles. The van der Waals surface area contributed by atoms with Crippen molar-refractivity contribution >= 4 is 55.9 Å². The van der Waals surface area contributed by atoms with Crippen LogP contribution in [0.15, 0.2) is 55.3 Å². The molecular weight excluding hydrogens is 820 g/mol. The van der Waals surface area contributed by atoms with Crippen LogP contribution in [0.5, 0.6) is 11.6 Å². The zero-order chi connectivity index (χ0) is 43.4. The molecule has 1 N–H and O–H groups in total. The van der Waals surface area contributed by atoms with Crippen molar-refractivity contribution in [3.05, 3.63) is 60.3 Å². The Bertz CT molecular complexity index is 2320. The molecule has 0 unspecified atom stereocenters. The maximum Gasteiger partial charge on any atom is 0.265 e. The van der Waals surface area contributed by atoms with Crippen LogP contribution in [0.1, 0.15) is 72.1 Å². The van der Waals surface area contributed by atoms with E-state index in [1.54, 1.807) is 63.4 Å². The standard InChI is InChI=1S/C43H50ClF2N5O8S/c1-6-25-21-42(25,40(55)49-60(56,57)27-11-12-27)22-34(52)33-18-26(23-51(33)39(54)30(41(2,3)4)20-36(53)50-17-9-15-43(45,46)24-50)59-38-28-13-14-35(58-5)37(44)29(28)19-32(48-38)31-10-7-8-16-47-31/h6-8,10,13-14,16,19,25-27,30,33H,1,9,11-12,15,17-18,20-24H2,2-5H3,(H,49,55)/t25-,26-,30-,33+,42-/m1/s1. The van der Waals surface area contributed by atoms with Gasteiger partial charge in [-0.25, -0.2) is 22.2 Å². The number of ketones is 1. The number of pyridine rings is 2. The number of halogens is 3. The number of alkyl halides is 2. The van der Waals surface area contributed by atoms with Gasteiger partial charge in [0.05, 0.1) is 59.2 Å². The molecule has 5 atom stereocenters. The van der Waals surface area contributed by atoms with E-state index in [0.29, 0.717) is 45.8 Å². The lowest BCUT2D eigenvalue weighted by atomic mass is 9.77. The van der Waals surface area contributed by atoms with Gasteiger partial charge in [-0.1, -0.05) is 44.5 Å². The molecule has 0 spiro atoms. The number of carbonyl (C=O) groups is 4. The van der Waals surface area contributed by atoms with E-state index >= 15 is 0 Å². The first-order valence-corrected chi connectivity index (χ1v) is 22.1. The highest BCUT2D eigenvalue weighted by molar-refractivity contribution is 7.90. The molecule has 4 heterocycles. The lowest BCUT2D eigenvalue weighted by molar-refractivity contribution is -0.151. The van der Waals surface area contributed by atoms with E-state index in [2.05, 4.69) is 16.3 Å². The maximum absolute atomic E-state index is 14.9. The largest absolute Gasteiger partial charge is 0.495 e. The number of ether oxygens (including phenoxy) is 2. The molecule has 60 heavy (non-hydrogen) atoms. The zero-order valence-corrected chi connectivity index (χ0v) is 35.7. The lowest BCUT2D eigenvalue weighted by Crippen LogP contribution is -2.51. The fraction of sp³-hybridized carbons (Fsp3) is 0.535. The zero-order valence-electron chi connectivity index (χ0n) is 34.1. The van der Waals surface area contributed by atoms with Crippen molar-refractivity contribution in [2.75, 3.05) is 26.7 Å². The summed E-state index contributed by atoms with van der Waals surface area (Å²) < 4.78 is 68.8. The van der Waals surface area contributed by atoms with Crippen LogP contribution in [0, 0.1) is 22.7 Å².